The van der Waals surface area contributed by atoms with Gasteiger partial charge in [0.25, 0.3) is 0 Å². The molecule has 0 fully saturated rings. The normalized spacial score (nSPS) is 14.5. The minimum absolute atomic E-state index is 0.0453. The molecule has 26 heavy (non-hydrogen) atoms. The molecule has 0 spiro atoms. The Morgan fingerprint density at radius 1 is 1.12 bits per heavy atom. The highest BCUT2D eigenvalue weighted by Gasteiger charge is 2.23. The summed E-state index contributed by atoms with van der Waals surface area (Å²) in [6.07, 6.45) is 0. The molecule has 0 saturated heterocycles. The number of ether oxygens (including phenoxy) is 1. The van der Waals surface area contributed by atoms with Gasteiger partial charge in [-0.1, -0.05) is 49.4 Å². The maximum absolute atomic E-state index is 12.6. The number of nitrogens with one attached hydrogen (secondary N) is 1. The molecule has 3 atom stereocenters. The first-order valence-corrected chi connectivity index (χ1v) is 8.82. The van der Waals surface area contributed by atoms with Crippen LogP contribution < -0.4 is 15.8 Å². The summed E-state index contributed by atoms with van der Waals surface area (Å²) in [7, 11) is 5.64. The number of hydrogen-bond acceptors (Lipinski definition) is 4. The van der Waals surface area contributed by atoms with Gasteiger partial charge in [-0.3, -0.25) is 4.79 Å². The first-order chi connectivity index (χ1) is 12.4. The molecular formula is C21H29N3O2. The van der Waals surface area contributed by atoms with E-state index in [2.05, 4.69) is 10.2 Å². The standard InChI is InChI=1S/C21H29N3O2/c1-15(20(22)16-9-6-5-7-10-16)21(25)23-14-19(24(2)3)17-11-8-12-18(13-17)26-4/h5-13,15,19-20H,14,22H2,1-4H3,(H,23,25). The monoisotopic (exact) mass is 355 g/mol. The Morgan fingerprint density at radius 2 is 1.77 bits per heavy atom. The van der Waals surface area contributed by atoms with Crippen LogP contribution in [0.25, 0.3) is 0 Å². The van der Waals surface area contributed by atoms with Gasteiger partial charge in [0.15, 0.2) is 0 Å². The van der Waals surface area contributed by atoms with Gasteiger partial charge in [-0.25, -0.2) is 0 Å². The van der Waals surface area contributed by atoms with Crippen LogP contribution in [0.2, 0.25) is 0 Å². The Labute approximate surface area is 156 Å². The third kappa shape index (κ3) is 5.07. The van der Waals surface area contributed by atoms with Crippen molar-refractivity contribution in [3.8, 4) is 5.75 Å². The second kappa shape index (κ2) is 9.36. The van der Waals surface area contributed by atoms with Crippen LogP contribution in [0.5, 0.6) is 5.75 Å². The zero-order chi connectivity index (χ0) is 19.1. The van der Waals surface area contributed by atoms with Crippen molar-refractivity contribution < 1.29 is 9.53 Å². The van der Waals surface area contributed by atoms with Crippen molar-refractivity contribution in [2.24, 2.45) is 11.7 Å². The van der Waals surface area contributed by atoms with Crippen LogP contribution in [0.1, 0.15) is 30.1 Å². The molecule has 0 aliphatic rings. The third-order valence-corrected chi connectivity index (χ3v) is 4.71. The number of methoxy groups -OCH3 is 1. The number of carbonyl (C=O) groups is 1. The van der Waals surface area contributed by atoms with Gasteiger partial charge in [0.05, 0.1) is 19.1 Å². The summed E-state index contributed by atoms with van der Waals surface area (Å²) in [6.45, 7) is 2.37. The fourth-order valence-electron chi connectivity index (χ4n) is 2.93. The number of nitrogens with zero attached hydrogens (tertiary/aromatic N) is 1. The first kappa shape index (κ1) is 19.9. The van der Waals surface area contributed by atoms with Crippen LogP contribution in [-0.4, -0.2) is 38.6 Å². The SMILES string of the molecule is COc1cccc(C(CNC(=O)C(C)C(N)c2ccccc2)N(C)C)c1. The Bertz CT molecular complexity index is 703. The molecule has 3 unspecified atom stereocenters. The highest BCUT2D eigenvalue weighted by Crippen LogP contribution is 2.23. The smallest absolute Gasteiger partial charge is 0.224 e. The molecule has 0 aliphatic heterocycles. The fourth-order valence-corrected chi connectivity index (χ4v) is 2.93. The van der Waals surface area contributed by atoms with Crippen LogP contribution in [-0.2, 0) is 4.79 Å². The van der Waals surface area contributed by atoms with E-state index in [4.69, 9.17) is 10.5 Å². The Morgan fingerprint density at radius 3 is 2.38 bits per heavy atom. The summed E-state index contributed by atoms with van der Waals surface area (Å²) in [5.74, 6) is 0.446. The lowest BCUT2D eigenvalue weighted by molar-refractivity contribution is -0.125. The minimum Gasteiger partial charge on any atom is -0.497 e. The van der Waals surface area contributed by atoms with Gasteiger partial charge in [0, 0.05) is 12.6 Å². The van der Waals surface area contributed by atoms with E-state index in [1.54, 1.807) is 7.11 Å². The van der Waals surface area contributed by atoms with Crippen LogP contribution in [0.4, 0.5) is 0 Å². The molecule has 5 nitrogen and oxygen atoms in total. The lowest BCUT2D eigenvalue weighted by Gasteiger charge is -2.27. The molecule has 140 valence electrons. The first-order valence-electron chi connectivity index (χ1n) is 8.82. The number of benzene rings is 2. The molecule has 2 aromatic rings. The van der Waals surface area contributed by atoms with Crippen molar-refractivity contribution in [1.82, 2.24) is 10.2 Å². The summed E-state index contributed by atoms with van der Waals surface area (Å²) < 4.78 is 5.31. The molecular weight excluding hydrogens is 326 g/mol. The van der Waals surface area contributed by atoms with Gasteiger partial charge >= 0.3 is 0 Å². The Balaban J connectivity index is 2.02. The van der Waals surface area contributed by atoms with Gasteiger partial charge in [0.1, 0.15) is 5.75 Å². The van der Waals surface area contributed by atoms with Gasteiger partial charge in [-0.05, 0) is 37.4 Å². The maximum atomic E-state index is 12.6. The molecule has 0 heterocycles. The van der Waals surface area contributed by atoms with E-state index >= 15 is 0 Å². The van der Waals surface area contributed by atoms with E-state index in [9.17, 15) is 4.79 Å². The summed E-state index contributed by atoms with van der Waals surface area (Å²) in [5, 5.41) is 3.05. The van der Waals surface area contributed by atoms with Crippen molar-refractivity contribution in [2.75, 3.05) is 27.7 Å². The van der Waals surface area contributed by atoms with Crippen molar-refractivity contribution in [2.45, 2.75) is 19.0 Å². The molecule has 0 aromatic heterocycles. The van der Waals surface area contributed by atoms with E-state index in [0.717, 1.165) is 16.9 Å². The van der Waals surface area contributed by atoms with Gasteiger partial charge in [0.2, 0.25) is 5.91 Å². The number of hydrogen-bond donors (Lipinski definition) is 2. The van der Waals surface area contributed by atoms with Gasteiger partial charge < -0.3 is 20.7 Å². The second-order valence-corrected chi connectivity index (χ2v) is 6.73. The van der Waals surface area contributed by atoms with Crippen molar-refractivity contribution in [3.05, 3.63) is 65.7 Å². The highest BCUT2D eigenvalue weighted by atomic mass is 16.5. The number of carbonyl (C=O) groups excluding carboxylic acids is 1. The molecule has 3 N–H and O–H groups in total. The number of nitrogens with two attached hydrogens (primary N) is 1. The quantitative estimate of drug-likeness (QED) is 0.764. The van der Waals surface area contributed by atoms with Crippen molar-refractivity contribution in [3.63, 3.8) is 0 Å². The number of amides is 1. The summed E-state index contributed by atoms with van der Waals surface area (Å²) >= 11 is 0. The topological polar surface area (TPSA) is 67.6 Å². The summed E-state index contributed by atoms with van der Waals surface area (Å²) in [6, 6.07) is 17.3. The molecule has 0 aliphatic carbocycles. The van der Waals surface area contributed by atoms with Crippen molar-refractivity contribution >= 4 is 5.91 Å². The zero-order valence-electron chi connectivity index (χ0n) is 16.0. The second-order valence-electron chi connectivity index (χ2n) is 6.73. The molecule has 0 saturated carbocycles. The molecule has 2 aromatic carbocycles. The summed E-state index contributed by atoms with van der Waals surface area (Å²) in [4.78, 5) is 14.7. The average Bonchev–Trinajstić information content (AvgIpc) is 2.67. The van der Waals surface area contributed by atoms with Crippen LogP contribution >= 0.6 is 0 Å². The van der Waals surface area contributed by atoms with Crippen molar-refractivity contribution in [1.29, 1.82) is 0 Å². The summed E-state index contributed by atoms with van der Waals surface area (Å²) in [5.41, 5.74) is 8.32. The number of rotatable bonds is 8. The van der Waals surface area contributed by atoms with Gasteiger partial charge in [-0.2, -0.15) is 0 Å². The minimum atomic E-state index is -0.328. The van der Waals surface area contributed by atoms with E-state index in [1.807, 2.05) is 75.6 Å². The van der Waals surface area contributed by atoms with E-state index in [-0.39, 0.29) is 23.9 Å². The third-order valence-electron chi connectivity index (χ3n) is 4.71. The Hall–Kier alpha value is -2.37. The largest absolute Gasteiger partial charge is 0.497 e. The maximum Gasteiger partial charge on any atom is 0.224 e. The molecule has 0 radical (unpaired) electrons. The van der Waals surface area contributed by atoms with Crippen LogP contribution in [0.3, 0.4) is 0 Å². The predicted octanol–water partition coefficient (Wildman–Crippen LogP) is 2.75. The number of likely N-dealkylation sites (N-methyl/N-ethyl adjacent to an activating group) is 1. The van der Waals surface area contributed by atoms with E-state index in [1.165, 1.54) is 0 Å². The Kier molecular flexibility index (Phi) is 7.18. The predicted molar refractivity (Wildman–Crippen MR) is 105 cm³/mol. The average molecular weight is 355 g/mol. The van der Waals surface area contributed by atoms with E-state index < -0.39 is 0 Å². The fraction of sp³-hybridized carbons (Fsp3) is 0.381. The lowest BCUT2D eigenvalue weighted by Crippen LogP contribution is -2.40. The zero-order valence-corrected chi connectivity index (χ0v) is 16.0. The highest BCUT2D eigenvalue weighted by molar-refractivity contribution is 5.79. The lowest BCUT2D eigenvalue weighted by atomic mass is 9.94. The van der Waals surface area contributed by atoms with Crippen LogP contribution in [0.15, 0.2) is 54.6 Å². The molecule has 1 amide bonds. The van der Waals surface area contributed by atoms with Crippen LogP contribution in [0, 0.1) is 5.92 Å². The molecule has 0 bridgehead atoms. The van der Waals surface area contributed by atoms with E-state index in [0.29, 0.717) is 6.54 Å². The molecule has 2 rings (SSSR count). The van der Waals surface area contributed by atoms with Gasteiger partial charge in [-0.15, -0.1) is 0 Å². The molecule has 5 heteroatoms.